The molecule has 0 bridgehead atoms. The van der Waals surface area contributed by atoms with Crippen LogP contribution in [0.15, 0.2) is 27.8 Å². The molecule has 1 aromatic heterocycles. The Bertz CT molecular complexity index is 470. The largest absolute Gasteiger partial charge is 0.459 e. The zero-order valence-corrected chi connectivity index (χ0v) is 12.4. The second-order valence-electron chi connectivity index (χ2n) is 5.86. The summed E-state index contributed by atoms with van der Waals surface area (Å²) >= 11 is 0. The van der Waals surface area contributed by atoms with Gasteiger partial charge < -0.3 is 14.2 Å². The van der Waals surface area contributed by atoms with Crippen LogP contribution < -0.4 is 0 Å². The van der Waals surface area contributed by atoms with Crippen molar-refractivity contribution in [3.63, 3.8) is 0 Å². The molecule has 1 saturated heterocycles. The Morgan fingerprint density at radius 1 is 1.19 bits per heavy atom. The highest BCUT2D eigenvalue weighted by molar-refractivity contribution is 5.91. The maximum Gasteiger partial charge on any atom is 0.289 e. The number of furan rings is 1. The molecule has 1 aliphatic heterocycles. The molecule has 0 unspecified atom stereocenters. The lowest BCUT2D eigenvalue weighted by molar-refractivity contribution is 0.0662. The molecule has 2 heterocycles. The van der Waals surface area contributed by atoms with Gasteiger partial charge in [-0.1, -0.05) is 19.3 Å². The minimum atomic E-state index is -0.0103. The Hall–Kier alpha value is -1.78. The van der Waals surface area contributed by atoms with Crippen LogP contribution in [-0.4, -0.2) is 54.3 Å². The zero-order valence-electron chi connectivity index (χ0n) is 12.4. The fourth-order valence-corrected chi connectivity index (χ4v) is 3.02. The first kappa shape index (κ1) is 14.2. The highest BCUT2D eigenvalue weighted by Crippen LogP contribution is 2.20. The van der Waals surface area contributed by atoms with Crippen LogP contribution in [0.25, 0.3) is 0 Å². The first-order valence-electron chi connectivity index (χ1n) is 7.93. The van der Waals surface area contributed by atoms with Crippen LogP contribution in [0.4, 0.5) is 0 Å². The van der Waals surface area contributed by atoms with E-state index in [1.165, 1.54) is 32.1 Å². The van der Waals surface area contributed by atoms with Gasteiger partial charge in [-0.25, -0.2) is 0 Å². The van der Waals surface area contributed by atoms with Gasteiger partial charge in [0.1, 0.15) is 0 Å². The number of amides is 1. The van der Waals surface area contributed by atoms with Crippen molar-refractivity contribution in [1.29, 1.82) is 0 Å². The van der Waals surface area contributed by atoms with Gasteiger partial charge in [-0.3, -0.25) is 9.79 Å². The van der Waals surface area contributed by atoms with E-state index in [9.17, 15) is 4.79 Å². The Kier molecular flexibility index (Phi) is 4.58. The summed E-state index contributed by atoms with van der Waals surface area (Å²) < 4.78 is 5.17. The average Bonchev–Trinajstić information content (AvgIpc) is 3.08. The summed E-state index contributed by atoms with van der Waals surface area (Å²) in [7, 11) is 0. The molecular formula is C16H23N3O2. The number of carbonyl (C=O) groups is 1. The van der Waals surface area contributed by atoms with Crippen LogP contribution >= 0.6 is 0 Å². The molecule has 3 rings (SSSR count). The standard InChI is InChI=1S/C16H23N3O2/c20-16(15-7-4-12-21-15)19-10-8-18(9-11-19)13-17-14-5-2-1-3-6-14/h4,7,12-14H,1-3,5-6,8-11H2. The van der Waals surface area contributed by atoms with E-state index < -0.39 is 0 Å². The van der Waals surface area contributed by atoms with Crippen molar-refractivity contribution in [3.8, 4) is 0 Å². The summed E-state index contributed by atoms with van der Waals surface area (Å²) in [6, 6.07) is 3.99. The monoisotopic (exact) mass is 289 g/mol. The minimum Gasteiger partial charge on any atom is -0.459 e. The lowest BCUT2D eigenvalue weighted by Gasteiger charge is -2.33. The third-order valence-electron chi connectivity index (χ3n) is 4.35. The highest BCUT2D eigenvalue weighted by Gasteiger charge is 2.22. The molecule has 0 radical (unpaired) electrons. The molecule has 2 fully saturated rings. The van der Waals surface area contributed by atoms with Crippen molar-refractivity contribution < 1.29 is 9.21 Å². The molecule has 1 saturated carbocycles. The van der Waals surface area contributed by atoms with E-state index in [0.29, 0.717) is 11.8 Å². The van der Waals surface area contributed by atoms with Crippen molar-refractivity contribution in [2.24, 2.45) is 4.99 Å². The number of piperazine rings is 1. The zero-order chi connectivity index (χ0) is 14.5. The lowest BCUT2D eigenvalue weighted by Crippen LogP contribution is -2.48. The number of carbonyl (C=O) groups excluding carboxylic acids is 1. The number of nitrogens with zero attached hydrogens (tertiary/aromatic N) is 3. The van der Waals surface area contributed by atoms with E-state index in [0.717, 1.165) is 26.2 Å². The molecule has 2 aliphatic rings. The van der Waals surface area contributed by atoms with Gasteiger partial charge >= 0.3 is 0 Å². The molecule has 0 atom stereocenters. The molecule has 0 aromatic carbocycles. The van der Waals surface area contributed by atoms with Crippen LogP contribution in [-0.2, 0) is 0 Å². The smallest absolute Gasteiger partial charge is 0.289 e. The molecule has 1 aromatic rings. The summed E-state index contributed by atoms with van der Waals surface area (Å²) in [5.41, 5.74) is 0. The molecule has 21 heavy (non-hydrogen) atoms. The topological polar surface area (TPSA) is 49.1 Å². The SMILES string of the molecule is O=C(c1ccco1)N1CCN(C=NC2CCCCC2)CC1. The van der Waals surface area contributed by atoms with Crippen molar-refractivity contribution >= 4 is 12.2 Å². The van der Waals surface area contributed by atoms with Gasteiger partial charge in [0.05, 0.1) is 18.6 Å². The summed E-state index contributed by atoms with van der Waals surface area (Å²) in [6.45, 7) is 3.16. The quantitative estimate of drug-likeness (QED) is 0.634. The first-order chi connectivity index (χ1) is 10.3. The minimum absolute atomic E-state index is 0.0103. The predicted octanol–water partition coefficient (Wildman–Crippen LogP) is 2.40. The van der Waals surface area contributed by atoms with Gasteiger partial charge in [0, 0.05) is 26.2 Å². The molecule has 114 valence electrons. The summed E-state index contributed by atoms with van der Waals surface area (Å²) in [5, 5.41) is 0. The molecule has 5 heteroatoms. The predicted molar refractivity (Wildman–Crippen MR) is 81.5 cm³/mol. The van der Waals surface area contributed by atoms with E-state index in [1.54, 1.807) is 18.4 Å². The summed E-state index contributed by atoms with van der Waals surface area (Å²) in [4.78, 5) is 20.9. The first-order valence-corrected chi connectivity index (χ1v) is 7.93. The van der Waals surface area contributed by atoms with Crippen LogP contribution in [0.5, 0.6) is 0 Å². The molecule has 0 N–H and O–H groups in total. The number of rotatable bonds is 3. The molecule has 0 spiro atoms. The number of aliphatic imine (C=N–C) groups is 1. The maximum absolute atomic E-state index is 12.2. The van der Waals surface area contributed by atoms with Crippen molar-refractivity contribution in [1.82, 2.24) is 9.80 Å². The average molecular weight is 289 g/mol. The molecular weight excluding hydrogens is 266 g/mol. The highest BCUT2D eigenvalue weighted by atomic mass is 16.3. The number of hydrogen-bond acceptors (Lipinski definition) is 3. The Labute approximate surface area is 125 Å². The Morgan fingerprint density at radius 2 is 1.95 bits per heavy atom. The van der Waals surface area contributed by atoms with Crippen molar-refractivity contribution in [2.75, 3.05) is 26.2 Å². The van der Waals surface area contributed by atoms with Crippen LogP contribution in [0.1, 0.15) is 42.7 Å². The maximum atomic E-state index is 12.2. The second-order valence-corrected chi connectivity index (χ2v) is 5.86. The van der Waals surface area contributed by atoms with Gasteiger partial charge in [0.15, 0.2) is 5.76 Å². The third-order valence-corrected chi connectivity index (χ3v) is 4.35. The van der Waals surface area contributed by atoms with Gasteiger partial charge in [-0.2, -0.15) is 0 Å². The number of hydrogen-bond donors (Lipinski definition) is 0. The lowest BCUT2D eigenvalue weighted by atomic mass is 9.96. The van der Waals surface area contributed by atoms with Gasteiger partial charge in [0.2, 0.25) is 0 Å². The molecule has 1 amide bonds. The fourth-order valence-electron chi connectivity index (χ4n) is 3.02. The van der Waals surface area contributed by atoms with Crippen LogP contribution in [0.3, 0.4) is 0 Å². The molecule has 1 aliphatic carbocycles. The van der Waals surface area contributed by atoms with E-state index in [4.69, 9.17) is 9.41 Å². The van der Waals surface area contributed by atoms with Gasteiger partial charge in [-0.05, 0) is 25.0 Å². The van der Waals surface area contributed by atoms with Gasteiger partial charge in [-0.15, -0.1) is 0 Å². The fraction of sp³-hybridized carbons (Fsp3) is 0.625. The Balaban J connectivity index is 1.46. The van der Waals surface area contributed by atoms with E-state index in [2.05, 4.69) is 4.90 Å². The Morgan fingerprint density at radius 3 is 2.62 bits per heavy atom. The van der Waals surface area contributed by atoms with Crippen LogP contribution in [0, 0.1) is 0 Å². The van der Waals surface area contributed by atoms with E-state index in [1.807, 2.05) is 11.2 Å². The van der Waals surface area contributed by atoms with Crippen LogP contribution in [0.2, 0.25) is 0 Å². The summed E-state index contributed by atoms with van der Waals surface area (Å²) in [5.74, 6) is 0.420. The van der Waals surface area contributed by atoms with E-state index >= 15 is 0 Å². The normalized spacial score (nSPS) is 21.1. The van der Waals surface area contributed by atoms with Crippen molar-refractivity contribution in [3.05, 3.63) is 24.2 Å². The van der Waals surface area contributed by atoms with Crippen molar-refractivity contribution in [2.45, 2.75) is 38.1 Å². The molecule has 5 nitrogen and oxygen atoms in total. The van der Waals surface area contributed by atoms with E-state index in [-0.39, 0.29) is 5.91 Å². The summed E-state index contributed by atoms with van der Waals surface area (Å²) in [6.07, 6.45) is 9.99. The third kappa shape index (κ3) is 3.65. The van der Waals surface area contributed by atoms with Gasteiger partial charge in [0.25, 0.3) is 5.91 Å². The second kappa shape index (κ2) is 6.78.